The molecule has 88 valence electrons. The Morgan fingerprint density at radius 2 is 2.12 bits per heavy atom. The summed E-state index contributed by atoms with van der Waals surface area (Å²) < 4.78 is 5.18. The predicted molar refractivity (Wildman–Crippen MR) is 61.9 cm³/mol. The standard InChI is InChI=1S/C13H18O3/c1-13(2,3)16-12(15)8-7-10-5-4-6-11(14)9-10/h4-5,9H,6-8H2,1-3H3. The minimum absolute atomic E-state index is 0.0988. The van der Waals surface area contributed by atoms with E-state index in [1.807, 2.05) is 32.9 Å². The third-order valence-corrected chi connectivity index (χ3v) is 2.04. The van der Waals surface area contributed by atoms with Crippen molar-refractivity contribution < 1.29 is 14.3 Å². The van der Waals surface area contributed by atoms with Crippen molar-refractivity contribution in [1.82, 2.24) is 0 Å². The molecule has 3 heteroatoms. The number of ketones is 1. The first-order chi connectivity index (χ1) is 7.37. The first-order valence-corrected chi connectivity index (χ1v) is 5.48. The largest absolute Gasteiger partial charge is 0.460 e. The van der Waals surface area contributed by atoms with E-state index in [4.69, 9.17) is 4.74 Å². The molecule has 0 atom stereocenters. The maximum absolute atomic E-state index is 11.4. The number of rotatable bonds is 3. The number of hydrogen-bond donors (Lipinski definition) is 0. The van der Waals surface area contributed by atoms with Crippen molar-refractivity contribution >= 4 is 11.8 Å². The molecule has 0 aliphatic heterocycles. The fraction of sp³-hybridized carbons (Fsp3) is 0.538. The van der Waals surface area contributed by atoms with Gasteiger partial charge in [-0.2, -0.15) is 0 Å². The molecule has 0 unspecified atom stereocenters. The van der Waals surface area contributed by atoms with Gasteiger partial charge in [0.1, 0.15) is 5.60 Å². The van der Waals surface area contributed by atoms with E-state index in [1.165, 1.54) is 0 Å². The molecular formula is C13H18O3. The van der Waals surface area contributed by atoms with Crippen LogP contribution in [0.25, 0.3) is 0 Å². The van der Waals surface area contributed by atoms with Crippen molar-refractivity contribution in [3.8, 4) is 0 Å². The Bertz CT molecular complexity index is 343. The summed E-state index contributed by atoms with van der Waals surface area (Å²) in [6, 6.07) is 0. The Labute approximate surface area is 96.2 Å². The lowest BCUT2D eigenvalue weighted by atomic mass is 10.0. The zero-order chi connectivity index (χ0) is 12.2. The van der Waals surface area contributed by atoms with Crippen molar-refractivity contribution in [3.05, 3.63) is 23.8 Å². The summed E-state index contributed by atoms with van der Waals surface area (Å²) in [5.74, 6) is -0.124. The van der Waals surface area contributed by atoms with E-state index in [0.29, 0.717) is 19.3 Å². The van der Waals surface area contributed by atoms with Crippen LogP contribution in [0.2, 0.25) is 0 Å². The lowest BCUT2D eigenvalue weighted by Crippen LogP contribution is -2.23. The van der Waals surface area contributed by atoms with E-state index in [2.05, 4.69) is 0 Å². The Morgan fingerprint density at radius 3 is 2.69 bits per heavy atom. The maximum Gasteiger partial charge on any atom is 0.306 e. The molecule has 0 amide bonds. The van der Waals surface area contributed by atoms with Crippen LogP contribution in [0.15, 0.2) is 23.8 Å². The van der Waals surface area contributed by atoms with Gasteiger partial charge in [0, 0.05) is 12.8 Å². The first kappa shape index (κ1) is 12.7. The van der Waals surface area contributed by atoms with Crippen LogP contribution in [0, 0.1) is 0 Å². The zero-order valence-electron chi connectivity index (χ0n) is 10.1. The molecule has 0 radical (unpaired) electrons. The van der Waals surface area contributed by atoms with Gasteiger partial charge in [0.05, 0.1) is 0 Å². The van der Waals surface area contributed by atoms with Crippen LogP contribution in [0.4, 0.5) is 0 Å². The van der Waals surface area contributed by atoms with E-state index >= 15 is 0 Å². The van der Waals surface area contributed by atoms with Gasteiger partial charge in [0.15, 0.2) is 5.78 Å². The number of hydrogen-bond acceptors (Lipinski definition) is 3. The van der Waals surface area contributed by atoms with Gasteiger partial charge >= 0.3 is 5.97 Å². The van der Waals surface area contributed by atoms with Crippen LogP contribution in [0.1, 0.15) is 40.0 Å². The summed E-state index contributed by atoms with van der Waals surface area (Å²) in [5, 5.41) is 0. The van der Waals surface area contributed by atoms with Gasteiger partial charge in [-0.3, -0.25) is 9.59 Å². The maximum atomic E-state index is 11.4. The molecule has 3 nitrogen and oxygen atoms in total. The van der Waals surface area contributed by atoms with Gasteiger partial charge < -0.3 is 4.74 Å². The molecule has 0 bridgehead atoms. The quantitative estimate of drug-likeness (QED) is 0.689. The molecular weight excluding hydrogens is 204 g/mol. The fourth-order valence-corrected chi connectivity index (χ4v) is 1.43. The third kappa shape index (κ3) is 4.91. The average molecular weight is 222 g/mol. The minimum atomic E-state index is -0.441. The summed E-state index contributed by atoms with van der Waals surface area (Å²) in [6.07, 6.45) is 6.68. The lowest BCUT2D eigenvalue weighted by molar-refractivity contribution is -0.154. The highest BCUT2D eigenvalue weighted by Gasteiger charge is 2.16. The Balaban J connectivity index is 2.38. The lowest BCUT2D eigenvalue weighted by Gasteiger charge is -2.19. The van der Waals surface area contributed by atoms with Crippen LogP contribution in [0.5, 0.6) is 0 Å². The van der Waals surface area contributed by atoms with Crippen molar-refractivity contribution in [3.63, 3.8) is 0 Å². The van der Waals surface area contributed by atoms with Crippen molar-refractivity contribution in [2.24, 2.45) is 0 Å². The Kier molecular flexibility index (Phi) is 4.05. The summed E-state index contributed by atoms with van der Waals surface area (Å²) >= 11 is 0. The monoisotopic (exact) mass is 222 g/mol. The van der Waals surface area contributed by atoms with E-state index in [1.54, 1.807) is 6.08 Å². The van der Waals surface area contributed by atoms with Gasteiger partial charge in [-0.15, -0.1) is 0 Å². The smallest absolute Gasteiger partial charge is 0.306 e. The molecule has 0 aromatic carbocycles. The number of esters is 1. The van der Waals surface area contributed by atoms with Crippen LogP contribution >= 0.6 is 0 Å². The van der Waals surface area contributed by atoms with Crippen LogP contribution in [-0.4, -0.2) is 17.4 Å². The first-order valence-electron chi connectivity index (χ1n) is 5.48. The fourth-order valence-electron chi connectivity index (χ4n) is 1.43. The van der Waals surface area contributed by atoms with Gasteiger partial charge in [0.25, 0.3) is 0 Å². The molecule has 0 spiro atoms. The molecule has 1 aliphatic carbocycles. The number of ether oxygens (including phenoxy) is 1. The SMILES string of the molecule is CC(C)(C)OC(=O)CCC1=CC(=O)CC=C1. The molecule has 0 fully saturated rings. The van der Waals surface area contributed by atoms with Crippen molar-refractivity contribution in [2.45, 2.75) is 45.6 Å². The predicted octanol–water partition coefficient (Wildman–Crippen LogP) is 2.56. The summed E-state index contributed by atoms with van der Waals surface area (Å²) in [7, 11) is 0. The van der Waals surface area contributed by atoms with Gasteiger partial charge in [-0.25, -0.2) is 0 Å². The average Bonchev–Trinajstić information content (AvgIpc) is 2.12. The number of carbonyl (C=O) groups is 2. The Morgan fingerprint density at radius 1 is 1.44 bits per heavy atom. The topological polar surface area (TPSA) is 43.4 Å². The minimum Gasteiger partial charge on any atom is -0.460 e. The molecule has 0 aromatic rings. The van der Waals surface area contributed by atoms with Gasteiger partial charge in [-0.1, -0.05) is 12.2 Å². The summed E-state index contributed by atoms with van der Waals surface area (Å²) in [6.45, 7) is 5.52. The second-order valence-electron chi connectivity index (χ2n) is 4.88. The second-order valence-corrected chi connectivity index (χ2v) is 4.88. The molecule has 0 saturated heterocycles. The van der Waals surface area contributed by atoms with E-state index in [0.717, 1.165) is 5.57 Å². The van der Waals surface area contributed by atoms with E-state index < -0.39 is 5.60 Å². The van der Waals surface area contributed by atoms with Crippen molar-refractivity contribution in [1.29, 1.82) is 0 Å². The number of carbonyl (C=O) groups excluding carboxylic acids is 2. The highest BCUT2D eigenvalue weighted by Crippen LogP contribution is 2.15. The molecule has 0 aromatic heterocycles. The third-order valence-electron chi connectivity index (χ3n) is 2.04. The zero-order valence-corrected chi connectivity index (χ0v) is 10.1. The molecule has 0 N–H and O–H groups in total. The molecule has 0 heterocycles. The molecule has 16 heavy (non-hydrogen) atoms. The van der Waals surface area contributed by atoms with Gasteiger partial charge in [0.2, 0.25) is 0 Å². The van der Waals surface area contributed by atoms with Crippen LogP contribution < -0.4 is 0 Å². The second kappa shape index (κ2) is 5.10. The van der Waals surface area contributed by atoms with Crippen molar-refractivity contribution in [2.75, 3.05) is 0 Å². The molecule has 1 rings (SSSR count). The summed E-state index contributed by atoms with van der Waals surface area (Å²) in [4.78, 5) is 22.5. The molecule has 0 saturated carbocycles. The van der Waals surface area contributed by atoms with E-state index in [-0.39, 0.29) is 11.8 Å². The van der Waals surface area contributed by atoms with Gasteiger partial charge in [-0.05, 0) is 38.8 Å². The molecule has 1 aliphatic rings. The number of allylic oxidation sites excluding steroid dienone is 4. The summed E-state index contributed by atoms with van der Waals surface area (Å²) in [5.41, 5.74) is 0.464. The highest BCUT2D eigenvalue weighted by molar-refractivity contribution is 5.93. The normalized spacial score (nSPS) is 15.9. The Hall–Kier alpha value is -1.38. The highest BCUT2D eigenvalue weighted by atomic mass is 16.6. The van der Waals surface area contributed by atoms with E-state index in [9.17, 15) is 9.59 Å². The van der Waals surface area contributed by atoms with Crippen LogP contribution in [0.3, 0.4) is 0 Å². The van der Waals surface area contributed by atoms with Crippen LogP contribution in [-0.2, 0) is 14.3 Å².